The number of carbonyl (C=O) groups excluding carboxylic acids is 1. The lowest BCUT2D eigenvalue weighted by molar-refractivity contribution is -0.134. The molecule has 3 nitrogen and oxygen atoms in total. The molecule has 3 heteroatoms. The third-order valence-electron chi connectivity index (χ3n) is 3.43. The van der Waals surface area contributed by atoms with Crippen molar-refractivity contribution in [3.63, 3.8) is 0 Å². The molecular weight excluding hydrogens is 276 g/mol. The first-order chi connectivity index (χ1) is 10.6. The zero-order valence-corrected chi connectivity index (χ0v) is 13.1. The van der Waals surface area contributed by atoms with Gasteiger partial charge in [-0.25, -0.2) is 4.79 Å². The standard InChI is InChI=1S/C19H20O3/c1-14(13-19(20)22-3)12-15-4-6-16(7-5-15)17-8-10-18(21-2)11-9-17/h4-11,13H,12H2,1-3H3/b14-13+. The summed E-state index contributed by atoms with van der Waals surface area (Å²) in [6.07, 6.45) is 2.26. The summed E-state index contributed by atoms with van der Waals surface area (Å²) in [6, 6.07) is 16.3. The van der Waals surface area contributed by atoms with Gasteiger partial charge in [-0.05, 0) is 42.2 Å². The van der Waals surface area contributed by atoms with Crippen molar-refractivity contribution >= 4 is 5.97 Å². The van der Waals surface area contributed by atoms with Gasteiger partial charge in [-0.2, -0.15) is 0 Å². The Morgan fingerprint density at radius 2 is 1.50 bits per heavy atom. The highest BCUT2D eigenvalue weighted by Crippen LogP contribution is 2.23. The number of hydrogen-bond acceptors (Lipinski definition) is 3. The van der Waals surface area contributed by atoms with Crippen LogP contribution in [0.5, 0.6) is 5.75 Å². The highest BCUT2D eigenvalue weighted by Gasteiger charge is 2.01. The summed E-state index contributed by atoms with van der Waals surface area (Å²) in [6.45, 7) is 1.92. The molecule has 0 heterocycles. The molecule has 0 aromatic heterocycles. The van der Waals surface area contributed by atoms with Crippen LogP contribution in [0.15, 0.2) is 60.2 Å². The number of hydrogen-bond donors (Lipinski definition) is 0. The maximum Gasteiger partial charge on any atom is 0.330 e. The fraction of sp³-hybridized carbons (Fsp3) is 0.211. The molecule has 114 valence electrons. The van der Waals surface area contributed by atoms with Gasteiger partial charge in [0.1, 0.15) is 5.75 Å². The molecule has 0 amide bonds. The Labute approximate surface area is 131 Å². The van der Waals surface area contributed by atoms with Crippen LogP contribution in [0.3, 0.4) is 0 Å². The number of esters is 1. The number of benzene rings is 2. The van der Waals surface area contributed by atoms with E-state index in [9.17, 15) is 4.79 Å². The number of carbonyl (C=O) groups is 1. The van der Waals surface area contributed by atoms with E-state index in [1.165, 1.54) is 13.2 Å². The number of allylic oxidation sites excluding steroid dienone is 1. The van der Waals surface area contributed by atoms with Crippen LogP contribution >= 0.6 is 0 Å². The van der Waals surface area contributed by atoms with Gasteiger partial charge in [-0.1, -0.05) is 42.0 Å². The van der Waals surface area contributed by atoms with Crippen LogP contribution in [0, 0.1) is 0 Å². The largest absolute Gasteiger partial charge is 0.497 e. The van der Waals surface area contributed by atoms with E-state index in [1.807, 2.05) is 31.2 Å². The van der Waals surface area contributed by atoms with E-state index in [0.717, 1.165) is 34.4 Å². The summed E-state index contributed by atoms with van der Waals surface area (Å²) in [4.78, 5) is 11.2. The van der Waals surface area contributed by atoms with Crippen LogP contribution in [0.1, 0.15) is 12.5 Å². The lowest BCUT2D eigenvalue weighted by Gasteiger charge is -2.06. The monoisotopic (exact) mass is 296 g/mol. The van der Waals surface area contributed by atoms with Crippen molar-refractivity contribution in [2.24, 2.45) is 0 Å². The van der Waals surface area contributed by atoms with Crippen LogP contribution < -0.4 is 4.74 Å². The number of ether oxygens (including phenoxy) is 2. The van der Waals surface area contributed by atoms with Crippen molar-refractivity contribution in [2.45, 2.75) is 13.3 Å². The van der Waals surface area contributed by atoms with Gasteiger partial charge in [-0.15, -0.1) is 0 Å². The van der Waals surface area contributed by atoms with E-state index >= 15 is 0 Å². The normalized spacial score (nSPS) is 11.1. The molecule has 0 aliphatic carbocycles. The molecule has 0 radical (unpaired) electrons. The predicted octanol–water partition coefficient (Wildman–Crippen LogP) is 4.02. The zero-order chi connectivity index (χ0) is 15.9. The fourth-order valence-electron chi connectivity index (χ4n) is 2.23. The van der Waals surface area contributed by atoms with E-state index in [1.54, 1.807) is 7.11 Å². The Morgan fingerprint density at radius 3 is 2.00 bits per heavy atom. The molecule has 0 saturated heterocycles. The van der Waals surface area contributed by atoms with Crippen molar-refractivity contribution in [1.82, 2.24) is 0 Å². The molecule has 22 heavy (non-hydrogen) atoms. The van der Waals surface area contributed by atoms with Crippen LogP contribution in [0.25, 0.3) is 11.1 Å². The van der Waals surface area contributed by atoms with Crippen LogP contribution in [-0.2, 0) is 16.0 Å². The van der Waals surface area contributed by atoms with Gasteiger partial charge in [-0.3, -0.25) is 0 Å². The second-order valence-electron chi connectivity index (χ2n) is 5.12. The molecular formula is C19H20O3. The summed E-state index contributed by atoms with van der Waals surface area (Å²) in [5.74, 6) is 0.538. The summed E-state index contributed by atoms with van der Waals surface area (Å²) < 4.78 is 9.79. The molecule has 0 aliphatic rings. The lowest BCUT2D eigenvalue weighted by Crippen LogP contribution is -1.97. The summed E-state index contributed by atoms with van der Waals surface area (Å²) in [7, 11) is 3.05. The van der Waals surface area contributed by atoms with Gasteiger partial charge >= 0.3 is 5.97 Å². The maximum absolute atomic E-state index is 11.2. The average Bonchev–Trinajstić information content (AvgIpc) is 2.55. The first-order valence-corrected chi connectivity index (χ1v) is 7.11. The molecule has 2 aromatic rings. The molecule has 2 aromatic carbocycles. The molecule has 0 N–H and O–H groups in total. The van der Waals surface area contributed by atoms with Crippen molar-refractivity contribution in [3.05, 3.63) is 65.7 Å². The number of rotatable bonds is 5. The molecule has 0 bridgehead atoms. The molecule has 0 spiro atoms. The molecule has 0 atom stereocenters. The third-order valence-corrected chi connectivity index (χ3v) is 3.43. The van der Waals surface area contributed by atoms with Crippen LogP contribution in [0.4, 0.5) is 0 Å². The van der Waals surface area contributed by atoms with Crippen molar-refractivity contribution < 1.29 is 14.3 Å². The zero-order valence-electron chi connectivity index (χ0n) is 13.1. The first kappa shape index (κ1) is 15.8. The lowest BCUT2D eigenvalue weighted by atomic mass is 10.0. The molecule has 0 aliphatic heterocycles. The molecule has 0 saturated carbocycles. The van der Waals surface area contributed by atoms with Gasteiger partial charge in [0.25, 0.3) is 0 Å². The summed E-state index contributed by atoms with van der Waals surface area (Å²) in [5, 5.41) is 0. The Kier molecular flexibility index (Phi) is 5.37. The second kappa shape index (κ2) is 7.46. The van der Waals surface area contributed by atoms with Crippen LogP contribution in [-0.4, -0.2) is 20.2 Å². The van der Waals surface area contributed by atoms with E-state index in [0.29, 0.717) is 0 Å². The first-order valence-electron chi connectivity index (χ1n) is 7.11. The minimum absolute atomic E-state index is 0.313. The predicted molar refractivity (Wildman–Crippen MR) is 87.9 cm³/mol. The minimum atomic E-state index is -0.313. The third kappa shape index (κ3) is 4.22. The summed E-state index contributed by atoms with van der Waals surface area (Å²) in [5.41, 5.74) is 4.44. The van der Waals surface area contributed by atoms with Crippen molar-refractivity contribution in [2.75, 3.05) is 14.2 Å². The molecule has 2 rings (SSSR count). The van der Waals surface area contributed by atoms with E-state index in [2.05, 4.69) is 29.0 Å². The van der Waals surface area contributed by atoms with E-state index in [-0.39, 0.29) is 5.97 Å². The van der Waals surface area contributed by atoms with E-state index in [4.69, 9.17) is 4.74 Å². The Morgan fingerprint density at radius 1 is 0.955 bits per heavy atom. The summed E-state index contributed by atoms with van der Waals surface area (Å²) >= 11 is 0. The fourth-order valence-corrected chi connectivity index (χ4v) is 2.23. The maximum atomic E-state index is 11.2. The van der Waals surface area contributed by atoms with Gasteiger partial charge in [0, 0.05) is 6.08 Å². The highest BCUT2D eigenvalue weighted by molar-refractivity contribution is 5.82. The Balaban J connectivity index is 2.09. The topological polar surface area (TPSA) is 35.5 Å². The number of methoxy groups -OCH3 is 2. The van der Waals surface area contributed by atoms with Crippen LogP contribution in [0.2, 0.25) is 0 Å². The minimum Gasteiger partial charge on any atom is -0.497 e. The second-order valence-corrected chi connectivity index (χ2v) is 5.12. The quantitative estimate of drug-likeness (QED) is 0.617. The molecule has 0 fully saturated rings. The molecule has 0 unspecified atom stereocenters. The smallest absolute Gasteiger partial charge is 0.330 e. The highest BCUT2D eigenvalue weighted by atomic mass is 16.5. The van der Waals surface area contributed by atoms with Gasteiger partial charge in [0.05, 0.1) is 14.2 Å². The Bertz CT molecular complexity index is 652. The van der Waals surface area contributed by atoms with E-state index < -0.39 is 0 Å². The van der Waals surface area contributed by atoms with Crippen molar-refractivity contribution in [3.8, 4) is 16.9 Å². The van der Waals surface area contributed by atoms with Gasteiger partial charge in [0.2, 0.25) is 0 Å². The SMILES string of the molecule is COC(=O)/C=C(\C)Cc1ccc(-c2ccc(OC)cc2)cc1. The van der Waals surface area contributed by atoms with Gasteiger partial charge in [0.15, 0.2) is 0 Å². The van der Waals surface area contributed by atoms with Crippen molar-refractivity contribution in [1.29, 1.82) is 0 Å². The average molecular weight is 296 g/mol. The Hall–Kier alpha value is -2.55. The van der Waals surface area contributed by atoms with Gasteiger partial charge < -0.3 is 9.47 Å².